The summed E-state index contributed by atoms with van der Waals surface area (Å²) in [5, 5.41) is 11.4. The average Bonchev–Trinajstić information content (AvgIpc) is 1.98. The van der Waals surface area contributed by atoms with Gasteiger partial charge in [-0.2, -0.15) is 30.7 Å². The first-order valence-electron chi connectivity index (χ1n) is 4.17. The predicted molar refractivity (Wildman–Crippen MR) is 38.4 cm³/mol. The molecule has 0 unspecified atom stereocenters. The fraction of sp³-hybridized carbons (Fsp3) is 1.00. The maximum atomic E-state index is 12.8. The molecule has 0 atom stereocenters. The standard InChI is InChI=1S/C7H8F7NO/c8-5(9,1-4(16)2-15-3-4)6(10,11)7(12,13)14/h15-16H,1-3H2. The van der Waals surface area contributed by atoms with Gasteiger partial charge in [0.25, 0.3) is 0 Å². The van der Waals surface area contributed by atoms with E-state index in [4.69, 9.17) is 5.11 Å². The van der Waals surface area contributed by atoms with Gasteiger partial charge in [0.2, 0.25) is 0 Å². The summed E-state index contributed by atoms with van der Waals surface area (Å²) in [4.78, 5) is 0. The zero-order valence-corrected chi connectivity index (χ0v) is 7.71. The molecule has 96 valence electrons. The third kappa shape index (κ3) is 2.10. The number of hydrogen-bond donors (Lipinski definition) is 2. The molecule has 1 fully saturated rings. The Morgan fingerprint density at radius 2 is 1.44 bits per heavy atom. The van der Waals surface area contributed by atoms with Crippen molar-refractivity contribution in [1.82, 2.24) is 5.32 Å². The van der Waals surface area contributed by atoms with E-state index in [-0.39, 0.29) is 0 Å². The second kappa shape index (κ2) is 3.46. The summed E-state index contributed by atoms with van der Waals surface area (Å²) in [6, 6.07) is 0. The van der Waals surface area contributed by atoms with Crippen LogP contribution in [0.15, 0.2) is 0 Å². The zero-order valence-electron chi connectivity index (χ0n) is 7.71. The van der Waals surface area contributed by atoms with Crippen molar-refractivity contribution in [3.8, 4) is 0 Å². The Hall–Kier alpha value is -0.570. The molecule has 0 bridgehead atoms. The molecule has 0 saturated carbocycles. The molecule has 1 aliphatic rings. The van der Waals surface area contributed by atoms with Crippen molar-refractivity contribution in [2.75, 3.05) is 13.1 Å². The largest absolute Gasteiger partial charge is 0.459 e. The van der Waals surface area contributed by atoms with Gasteiger partial charge in [-0.15, -0.1) is 0 Å². The summed E-state index contributed by atoms with van der Waals surface area (Å²) in [6.45, 7) is -0.868. The van der Waals surface area contributed by atoms with Crippen molar-refractivity contribution < 1.29 is 35.8 Å². The summed E-state index contributed by atoms with van der Waals surface area (Å²) >= 11 is 0. The molecule has 0 aromatic heterocycles. The normalized spacial score (nSPS) is 21.8. The topological polar surface area (TPSA) is 32.3 Å². The Balaban J connectivity index is 2.84. The molecule has 1 aliphatic heterocycles. The lowest BCUT2D eigenvalue weighted by molar-refractivity contribution is -0.362. The third-order valence-electron chi connectivity index (χ3n) is 2.27. The van der Waals surface area contributed by atoms with E-state index < -0.39 is 43.1 Å². The molecule has 0 radical (unpaired) electrons. The van der Waals surface area contributed by atoms with Crippen LogP contribution in [0.1, 0.15) is 6.42 Å². The fourth-order valence-electron chi connectivity index (χ4n) is 1.27. The highest BCUT2D eigenvalue weighted by Crippen LogP contribution is 2.49. The first-order valence-corrected chi connectivity index (χ1v) is 4.17. The summed E-state index contributed by atoms with van der Waals surface area (Å²) in [6.07, 6.45) is -8.27. The molecule has 2 nitrogen and oxygen atoms in total. The number of nitrogens with one attached hydrogen (secondary N) is 1. The van der Waals surface area contributed by atoms with E-state index in [1.807, 2.05) is 0 Å². The molecule has 1 heterocycles. The highest BCUT2D eigenvalue weighted by atomic mass is 19.4. The molecule has 0 aromatic rings. The van der Waals surface area contributed by atoms with E-state index in [1.165, 1.54) is 0 Å². The Morgan fingerprint density at radius 1 is 1.00 bits per heavy atom. The van der Waals surface area contributed by atoms with Crippen LogP contribution >= 0.6 is 0 Å². The van der Waals surface area contributed by atoms with Crippen molar-refractivity contribution in [3.05, 3.63) is 0 Å². The van der Waals surface area contributed by atoms with Gasteiger partial charge in [0.15, 0.2) is 0 Å². The number of hydrogen-bond acceptors (Lipinski definition) is 2. The van der Waals surface area contributed by atoms with Crippen LogP contribution in [0, 0.1) is 0 Å². The van der Waals surface area contributed by atoms with Gasteiger partial charge in [-0.25, -0.2) is 0 Å². The first kappa shape index (κ1) is 13.5. The summed E-state index contributed by atoms with van der Waals surface area (Å²) in [5.41, 5.74) is -2.21. The van der Waals surface area contributed by atoms with Crippen LogP contribution in [-0.4, -0.2) is 41.8 Å². The van der Waals surface area contributed by atoms with Crippen LogP contribution in [-0.2, 0) is 0 Å². The second-order valence-electron chi connectivity index (χ2n) is 3.78. The molecule has 0 spiro atoms. The summed E-state index contributed by atoms with van der Waals surface area (Å²) in [5.74, 6) is -11.5. The van der Waals surface area contributed by atoms with E-state index in [0.717, 1.165) is 0 Å². The molecule has 9 heteroatoms. The molecule has 0 aliphatic carbocycles. The van der Waals surface area contributed by atoms with Crippen LogP contribution in [0.25, 0.3) is 0 Å². The molecule has 1 saturated heterocycles. The maximum Gasteiger partial charge on any atom is 0.459 e. The highest BCUT2D eigenvalue weighted by molar-refractivity contribution is 5.02. The van der Waals surface area contributed by atoms with Gasteiger partial charge >= 0.3 is 18.0 Å². The van der Waals surface area contributed by atoms with Crippen molar-refractivity contribution in [3.63, 3.8) is 0 Å². The lowest BCUT2D eigenvalue weighted by atomic mass is 9.87. The van der Waals surface area contributed by atoms with Crippen LogP contribution in [0.2, 0.25) is 0 Å². The van der Waals surface area contributed by atoms with Crippen molar-refractivity contribution >= 4 is 0 Å². The summed E-state index contributed by atoms with van der Waals surface area (Å²) < 4.78 is 85.4. The fourth-order valence-corrected chi connectivity index (χ4v) is 1.27. The van der Waals surface area contributed by atoms with Crippen molar-refractivity contribution in [2.45, 2.75) is 30.0 Å². The number of aliphatic hydroxyl groups is 1. The number of halogens is 7. The van der Waals surface area contributed by atoms with E-state index in [0.29, 0.717) is 0 Å². The lowest BCUT2D eigenvalue weighted by Crippen LogP contribution is -2.65. The minimum absolute atomic E-state index is 0.434. The van der Waals surface area contributed by atoms with Gasteiger partial charge in [-0.1, -0.05) is 0 Å². The minimum atomic E-state index is -6.34. The Kier molecular flexibility index (Phi) is 2.92. The van der Waals surface area contributed by atoms with Gasteiger partial charge in [0.1, 0.15) is 0 Å². The average molecular weight is 255 g/mol. The molecule has 0 amide bonds. The minimum Gasteiger partial charge on any atom is -0.387 e. The first-order chi connectivity index (χ1) is 6.91. The predicted octanol–water partition coefficient (Wildman–Crippen LogP) is 1.54. The van der Waals surface area contributed by atoms with E-state index >= 15 is 0 Å². The zero-order chi connectivity index (χ0) is 12.8. The van der Waals surface area contributed by atoms with Crippen LogP contribution in [0.5, 0.6) is 0 Å². The molecular weight excluding hydrogens is 247 g/mol. The van der Waals surface area contributed by atoms with Gasteiger partial charge in [0, 0.05) is 19.5 Å². The number of β-amino-alcohol motifs (C(OH)–C–C–N with tert-alkyl or cyclic N) is 1. The quantitative estimate of drug-likeness (QED) is 0.750. The van der Waals surface area contributed by atoms with Gasteiger partial charge < -0.3 is 10.4 Å². The Labute approximate surface area is 85.4 Å². The Morgan fingerprint density at radius 3 is 1.69 bits per heavy atom. The molecule has 1 rings (SSSR count). The van der Waals surface area contributed by atoms with Gasteiger partial charge in [-0.05, 0) is 0 Å². The molecule has 2 N–H and O–H groups in total. The van der Waals surface area contributed by atoms with Crippen LogP contribution < -0.4 is 5.32 Å². The van der Waals surface area contributed by atoms with Crippen LogP contribution in [0.4, 0.5) is 30.7 Å². The Bertz CT molecular complexity index is 270. The monoisotopic (exact) mass is 255 g/mol. The molecular formula is C7H8F7NO. The van der Waals surface area contributed by atoms with Crippen LogP contribution in [0.3, 0.4) is 0 Å². The van der Waals surface area contributed by atoms with Crippen molar-refractivity contribution in [2.24, 2.45) is 0 Å². The molecule has 16 heavy (non-hydrogen) atoms. The van der Waals surface area contributed by atoms with E-state index in [1.54, 1.807) is 0 Å². The third-order valence-corrected chi connectivity index (χ3v) is 2.27. The van der Waals surface area contributed by atoms with E-state index in [2.05, 4.69) is 5.32 Å². The number of rotatable bonds is 3. The van der Waals surface area contributed by atoms with Gasteiger partial charge in [-0.3, -0.25) is 0 Å². The molecule has 0 aromatic carbocycles. The SMILES string of the molecule is OC1(CC(F)(F)C(F)(F)C(F)(F)F)CNC1. The second-order valence-corrected chi connectivity index (χ2v) is 3.78. The lowest BCUT2D eigenvalue weighted by Gasteiger charge is -2.41. The van der Waals surface area contributed by atoms with E-state index in [9.17, 15) is 30.7 Å². The smallest absolute Gasteiger partial charge is 0.387 e. The maximum absolute atomic E-state index is 12.8. The number of alkyl halides is 7. The van der Waals surface area contributed by atoms with Gasteiger partial charge in [0.05, 0.1) is 5.60 Å². The highest BCUT2D eigenvalue weighted by Gasteiger charge is 2.74. The van der Waals surface area contributed by atoms with Crippen molar-refractivity contribution in [1.29, 1.82) is 0 Å². The summed E-state index contributed by atoms with van der Waals surface area (Å²) in [7, 11) is 0.